The third-order valence-corrected chi connectivity index (χ3v) is 6.96. The second-order valence-corrected chi connectivity index (χ2v) is 8.59. The second-order valence-electron chi connectivity index (χ2n) is 7.10. The molecular formula is C21H17ClN2O3S. The van der Waals surface area contributed by atoms with Gasteiger partial charge >= 0.3 is 5.63 Å². The Morgan fingerprint density at radius 3 is 2.89 bits per heavy atom. The van der Waals surface area contributed by atoms with Crippen molar-refractivity contribution in [2.45, 2.75) is 39.2 Å². The summed E-state index contributed by atoms with van der Waals surface area (Å²) in [5.41, 5.74) is 2.77. The molecule has 142 valence electrons. The topological polar surface area (TPSA) is 65.1 Å². The third kappa shape index (κ3) is 2.71. The molecule has 3 aromatic heterocycles. The molecule has 5 rings (SSSR count). The van der Waals surface area contributed by atoms with Crippen LogP contribution >= 0.6 is 22.9 Å². The number of fused-ring (bicyclic) bond motifs is 4. The Balaban J connectivity index is 1.68. The van der Waals surface area contributed by atoms with Gasteiger partial charge in [-0.15, -0.1) is 11.3 Å². The first-order valence-electron chi connectivity index (χ1n) is 9.30. The minimum absolute atomic E-state index is 0.0536. The van der Waals surface area contributed by atoms with E-state index in [1.807, 2.05) is 13.0 Å². The van der Waals surface area contributed by atoms with E-state index in [9.17, 15) is 9.59 Å². The van der Waals surface area contributed by atoms with Gasteiger partial charge in [-0.2, -0.15) is 0 Å². The maximum Gasteiger partial charge on any atom is 0.336 e. The molecule has 3 heterocycles. The van der Waals surface area contributed by atoms with Crippen LogP contribution in [0.4, 0.5) is 0 Å². The molecule has 0 unspecified atom stereocenters. The molecule has 0 fully saturated rings. The Hall–Kier alpha value is -2.44. The van der Waals surface area contributed by atoms with Crippen LogP contribution in [0, 0.1) is 0 Å². The number of halogens is 1. The van der Waals surface area contributed by atoms with E-state index in [2.05, 4.69) is 4.98 Å². The van der Waals surface area contributed by atoms with E-state index in [4.69, 9.17) is 16.0 Å². The predicted molar refractivity (Wildman–Crippen MR) is 112 cm³/mol. The molecular weight excluding hydrogens is 396 g/mol. The van der Waals surface area contributed by atoms with Crippen molar-refractivity contribution in [3.63, 3.8) is 0 Å². The van der Waals surface area contributed by atoms with Gasteiger partial charge in [0, 0.05) is 21.4 Å². The van der Waals surface area contributed by atoms with Crippen LogP contribution < -0.4 is 11.2 Å². The van der Waals surface area contributed by atoms with Gasteiger partial charge in [0.05, 0.1) is 18.3 Å². The number of rotatable bonds is 3. The van der Waals surface area contributed by atoms with E-state index in [1.54, 1.807) is 28.3 Å². The molecule has 4 aromatic rings. The average Bonchev–Trinajstić information content (AvgIpc) is 3.25. The first-order chi connectivity index (χ1) is 13.5. The van der Waals surface area contributed by atoms with Crippen LogP contribution in [0.5, 0.6) is 0 Å². The van der Waals surface area contributed by atoms with Crippen LogP contribution in [0.3, 0.4) is 0 Å². The van der Waals surface area contributed by atoms with E-state index in [1.165, 1.54) is 10.9 Å². The summed E-state index contributed by atoms with van der Waals surface area (Å²) in [6.45, 7) is 2.24. The number of aryl methyl sites for hydroxylation is 3. The van der Waals surface area contributed by atoms with Crippen LogP contribution in [0.15, 0.2) is 38.5 Å². The highest BCUT2D eigenvalue weighted by Gasteiger charge is 2.21. The number of aromatic nitrogens is 2. The molecule has 1 aromatic carbocycles. The minimum Gasteiger partial charge on any atom is -0.423 e. The fourth-order valence-electron chi connectivity index (χ4n) is 4.01. The van der Waals surface area contributed by atoms with Crippen LogP contribution in [0.25, 0.3) is 21.2 Å². The number of nitrogens with zero attached hydrogens (tertiary/aromatic N) is 2. The highest BCUT2D eigenvalue weighted by atomic mass is 35.5. The van der Waals surface area contributed by atoms with Crippen molar-refractivity contribution in [3.05, 3.63) is 71.9 Å². The average molecular weight is 413 g/mol. The molecule has 7 heteroatoms. The van der Waals surface area contributed by atoms with Gasteiger partial charge in [0.25, 0.3) is 5.56 Å². The Labute approximate surface area is 169 Å². The van der Waals surface area contributed by atoms with Crippen LogP contribution in [-0.4, -0.2) is 9.55 Å². The van der Waals surface area contributed by atoms with Gasteiger partial charge < -0.3 is 4.42 Å². The van der Waals surface area contributed by atoms with E-state index >= 15 is 0 Å². The molecule has 0 N–H and O–H groups in total. The molecule has 1 aliphatic carbocycles. The number of thiophene rings is 1. The fourth-order valence-corrected chi connectivity index (χ4v) is 5.52. The van der Waals surface area contributed by atoms with Gasteiger partial charge in [0.1, 0.15) is 10.4 Å². The first kappa shape index (κ1) is 17.6. The lowest BCUT2D eigenvalue weighted by molar-refractivity contribution is 0.557. The van der Waals surface area contributed by atoms with Gasteiger partial charge in [0.2, 0.25) is 0 Å². The van der Waals surface area contributed by atoms with Crippen molar-refractivity contribution in [2.24, 2.45) is 0 Å². The van der Waals surface area contributed by atoms with Crippen molar-refractivity contribution in [2.75, 3.05) is 0 Å². The summed E-state index contributed by atoms with van der Waals surface area (Å²) in [7, 11) is 0. The summed E-state index contributed by atoms with van der Waals surface area (Å²) in [6.07, 6.45) is 5.36. The van der Waals surface area contributed by atoms with E-state index < -0.39 is 5.63 Å². The first-order valence-corrected chi connectivity index (χ1v) is 10.5. The predicted octanol–water partition coefficient (Wildman–Crippen LogP) is 4.32. The standard InChI is InChI=1S/C21H17ClN2O3S/c1-2-11-6-16-14(8-15(11)22)12(7-18(25)27-16)9-24-10-23-20-19(21(24)26)13-4-3-5-17(13)28-20/h6-8,10H,2-5,9H2,1H3. The third-order valence-electron chi connectivity index (χ3n) is 5.41. The Bertz CT molecular complexity index is 1370. The molecule has 0 saturated heterocycles. The smallest absolute Gasteiger partial charge is 0.336 e. The lowest BCUT2D eigenvalue weighted by atomic mass is 10.1. The van der Waals surface area contributed by atoms with E-state index in [0.717, 1.165) is 52.4 Å². The molecule has 0 atom stereocenters. The van der Waals surface area contributed by atoms with Crippen LogP contribution in [-0.2, 0) is 25.8 Å². The van der Waals surface area contributed by atoms with Gasteiger partial charge in [-0.05, 0) is 54.5 Å². The summed E-state index contributed by atoms with van der Waals surface area (Å²) < 4.78 is 6.94. The quantitative estimate of drug-likeness (QED) is 0.470. The maximum atomic E-state index is 13.1. The molecule has 0 bridgehead atoms. The van der Waals surface area contributed by atoms with Gasteiger partial charge in [-0.1, -0.05) is 18.5 Å². The van der Waals surface area contributed by atoms with Crippen molar-refractivity contribution < 1.29 is 4.42 Å². The molecule has 5 nitrogen and oxygen atoms in total. The Morgan fingerprint density at radius 1 is 1.21 bits per heavy atom. The fraction of sp³-hybridized carbons (Fsp3) is 0.286. The summed E-state index contributed by atoms with van der Waals surface area (Å²) in [5.74, 6) is 0. The van der Waals surface area contributed by atoms with Crippen LogP contribution in [0.2, 0.25) is 5.02 Å². The zero-order valence-corrected chi connectivity index (χ0v) is 16.8. The SMILES string of the molecule is CCc1cc2oc(=O)cc(Cn3cnc4sc5c(c4c3=O)CCC5)c2cc1Cl. The monoisotopic (exact) mass is 412 g/mol. The van der Waals surface area contributed by atoms with Crippen molar-refractivity contribution in [1.29, 1.82) is 0 Å². The number of benzene rings is 1. The molecule has 0 amide bonds. The molecule has 0 radical (unpaired) electrons. The van der Waals surface area contributed by atoms with Gasteiger partial charge in [0.15, 0.2) is 0 Å². The summed E-state index contributed by atoms with van der Waals surface area (Å²) in [4.78, 5) is 31.8. The van der Waals surface area contributed by atoms with E-state index in [0.29, 0.717) is 16.2 Å². The number of hydrogen-bond acceptors (Lipinski definition) is 5. The van der Waals surface area contributed by atoms with Gasteiger partial charge in [-0.3, -0.25) is 9.36 Å². The van der Waals surface area contributed by atoms with Crippen molar-refractivity contribution >= 4 is 44.1 Å². The lowest BCUT2D eigenvalue weighted by Gasteiger charge is -2.10. The van der Waals surface area contributed by atoms with Crippen molar-refractivity contribution in [3.8, 4) is 0 Å². The Kier molecular flexibility index (Phi) is 4.14. The summed E-state index contributed by atoms with van der Waals surface area (Å²) in [5, 5.41) is 2.10. The zero-order valence-electron chi connectivity index (χ0n) is 15.3. The van der Waals surface area contributed by atoms with Gasteiger partial charge in [-0.25, -0.2) is 9.78 Å². The van der Waals surface area contributed by atoms with E-state index in [-0.39, 0.29) is 12.1 Å². The normalized spacial score (nSPS) is 13.5. The summed E-state index contributed by atoms with van der Waals surface area (Å²) >= 11 is 8.00. The lowest BCUT2D eigenvalue weighted by Crippen LogP contribution is -2.22. The maximum absolute atomic E-state index is 13.1. The van der Waals surface area contributed by atoms with Crippen LogP contribution in [0.1, 0.15) is 34.9 Å². The highest BCUT2D eigenvalue weighted by Crippen LogP contribution is 2.34. The second kappa shape index (κ2) is 6.57. The molecule has 1 aliphatic rings. The van der Waals surface area contributed by atoms with Crippen molar-refractivity contribution in [1.82, 2.24) is 9.55 Å². The Morgan fingerprint density at radius 2 is 2.07 bits per heavy atom. The number of hydrogen-bond donors (Lipinski definition) is 0. The molecule has 0 spiro atoms. The summed E-state index contributed by atoms with van der Waals surface area (Å²) in [6, 6.07) is 5.05. The molecule has 0 saturated carbocycles. The molecule has 0 aliphatic heterocycles. The zero-order chi connectivity index (χ0) is 19.4. The minimum atomic E-state index is -0.439. The largest absolute Gasteiger partial charge is 0.423 e. The molecule has 28 heavy (non-hydrogen) atoms. The highest BCUT2D eigenvalue weighted by molar-refractivity contribution is 7.18.